The van der Waals surface area contributed by atoms with Crippen LogP contribution in [0.3, 0.4) is 0 Å². The Balaban J connectivity index is 2.09. The van der Waals surface area contributed by atoms with Gasteiger partial charge in [0.1, 0.15) is 0 Å². The molecule has 0 amide bonds. The van der Waals surface area contributed by atoms with Crippen molar-refractivity contribution in [1.29, 1.82) is 0 Å². The van der Waals surface area contributed by atoms with Crippen LogP contribution in [0, 0.1) is 0 Å². The topological polar surface area (TPSA) is 73.3 Å². The lowest BCUT2D eigenvalue weighted by molar-refractivity contribution is 0.847. The predicted molar refractivity (Wildman–Crippen MR) is 75.6 cm³/mol. The van der Waals surface area contributed by atoms with E-state index in [9.17, 15) is 0 Å². The summed E-state index contributed by atoms with van der Waals surface area (Å²) in [6.07, 6.45) is 1.78. The van der Waals surface area contributed by atoms with Crippen molar-refractivity contribution in [3.8, 4) is 0 Å². The molecule has 0 bridgehead atoms. The Bertz CT molecular complexity index is 516. The zero-order chi connectivity index (χ0) is 13.7. The summed E-state index contributed by atoms with van der Waals surface area (Å²) in [7, 11) is 4.03. The number of nitrogens with one attached hydrogen (secondary N) is 1. The number of aromatic amines is 1. The molecule has 0 fully saturated rings. The molecule has 0 atom stereocenters. The molecule has 0 aliphatic heterocycles. The summed E-state index contributed by atoms with van der Waals surface area (Å²) < 4.78 is 0. The predicted octanol–water partition coefficient (Wildman–Crippen LogP) is 1.13. The van der Waals surface area contributed by atoms with Crippen molar-refractivity contribution in [1.82, 2.24) is 20.6 Å². The van der Waals surface area contributed by atoms with Crippen molar-refractivity contribution in [2.75, 3.05) is 30.5 Å². The number of aromatic nitrogens is 4. The SMILES string of the molecule is CCN(/N=C/c1ccc(N(C)C)cc1)c1nnn[nH]1. The molecule has 0 saturated heterocycles. The van der Waals surface area contributed by atoms with Crippen LogP contribution in [0.25, 0.3) is 0 Å². The van der Waals surface area contributed by atoms with Gasteiger partial charge in [-0.1, -0.05) is 17.2 Å². The first-order valence-corrected chi connectivity index (χ1v) is 6.03. The number of nitrogens with zero attached hydrogens (tertiary/aromatic N) is 6. The molecule has 2 aromatic rings. The van der Waals surface area contributed by atoms with Crippen LogP contribution in [0.15, 0.2) is 29.4 Å². The van der Waals surface area contributed by atoms with E-state index in [1.807, 2.05) is 45.3 Å². The normalized spacial score (nSPS) is 10.9. The van der Waals surface area contributed by atoms with Crippen LogP contribution in [0.1, 0.15) is 12.5 Å². The summed E-state index contributed by atoms with van der Waals surface area (Å²) in [6.45, 7) is 2.66. The summed E-state index contributed by atoms with van der Waals surface area (Å²) in [6, 6.07) is 8.14. The van der Waals surface area contributed by atoms with Crippen molar-refractivity contribution >= 4 is 17.9 Å². The van der Waals surface area contributed by atoms with E-state index in [1.165, 1.54) is 0 Å². The van der Waals surface area contributed by atoms with Gasteiger partial charge >= 0.3 is 0 Å². The second-order valence-electron chi connectivity index (χ2n) is 4.17. The number of H-pyrrole nitrogens is 1. The lowest BCUT2D eigenvalue weighted by Crippen LogP contribution is -2.17. The average Bonchev–Trinajstić information content (AvgIpc) is 2.94. The summed E-state index contributed by atoms with van der Waals surface area (Å²) >= 11 is 0. The van der Waals surface area contributed by atoms with Gasteiger partial charge in [0.25, 0.3) is 5.95 Å². The maximum atomic E-state index is 4.35. The van der Waals surface area contributed by atoms with Gasteiger partial charge in [0.05, 0.1) is 6.21 Å². The van der Waals surface area contributed by atoms with Gasteiger partial charge in [-0.25, -0.2) is 10.1 Å². The Hall–Kier alpha value is -2.44. The van der Waals surface area contributed by atoms with E-state index in [1.54, 1.807) is 11.2 Å². The molecule has 19 heavy (non-hydrogen) atoms. The zero-order valence-corrected chi connectivity index (χ0v) is 11.3. The largest absolute Gasteiger partial charge is 0.378 e. The van der Waals surface area contributed by atoms with E-state index >= 15 is 0 Å². The Labute approximate surface area is 111 Å². The Morgan fingerprint density at radius 3 is 2.53 bits per heavy atom. The summed E-state index contributed by atoms with van der Waals surface area (Å²) in [4.78, 5) is 2.06. The number of rotatable bonds is 5. The van der Waals surface area contributed by atoms with Crippen LogP contribution in [0.4, 0.5) is 11.6 Å². The van der Waals surface area contributed by atoms with Crippen molar-refractivity contribution in [3.05, 3.63) is 29.8 Å². The number of hydrogen-bond donors (Lipinski definition) is 1. The monoisotopic (exact) mass is 259 g/mol. The van der Waals surface area contributed by atoms with E-state index < -0.39 is 0 Å². The second-order valence-corrected chi connectivity index (χ2v) is 4.17. The fraction of sp³-hybridized carbons (Fsp3) is 0.333. The fourth-order valence-electron chi connectivity index (χ4n) is 1.54. The molecule has 0 aliphatic carbocycles. The molecule has 7 nitrogen and oxygen atoms in total. The molecule has 0 radical (unpaired) electrons. The Morgan fingerprint density at radius 1 is 1.26 bits per heavy atom. The first-order valence-electron chi connectivity index (χ1n) is 6.03. The first-order chi connectivity index (χ1) is 9.20. The highest BCUT2D eigenvalue weighted by Crippen LogP contribution is 2.11. The lowest BCUT2D eigenvalue weighted by atomic mass is 10.2. The van der Waals surface area contributed by atoms with E-state index in [0.717, 1.165) is 11.3 Å². The first kappa shape index (κ1) is 13.0. The van der Waals surface area contributed by atoms with Crippen LogP contribution in [-0.4, -0.2) is 47.5 Å². The minimum Gasteiger partial charge on any atom is -0.378 e. The van der Waals surface area contributed by atoms with Gasteiger partial charge in [0, 0.05) is 26.3 Å². The highest BCUT2D eigenvalue weighted by molar-refractivity contribution is 5.80. The van der Waals surface area contributed by atoms with Gasteiger partial charge < -0.3 is 4.90 Å². The van der Waals surface area contributed by atoms with Crippen molar-refractivity contribution in [3.63, 3.8) is 0 Å². The Kier molecular flexibility index (Phi) is 4.07. The number of anilines is 2. The molecule has 7 heteroatoms. The van der Waals surface area contributed by atoms with E-state index in [-0.39, 0.29) is 0 Å². The molecule has 100 valence electrons. The van der Waals surface area contributed by atoms with Crippen LogP contribution in [0.2, 0.25) is 0 Å². The molecule has 1 aromatic heterocycles. The molecule has 0 unspecified atom stereocenters. The molecule has 1 N–H and O–H groups in total. The highest BCUT2D eigenvalue weighted by atomic mass is 15.6. The van der Waals surface area contributed by atoms with Gasteiger partial charge in [-0.15, -0.1) is 0 Å². The average molecular weight is 259 g/mol. The maximum Gasteiger partial charge on any atom is 0.263 e. The second kappa shape index (κ2) is 5.94. The molecular formula is C12H17N7. The van der Waals surface area contributed by atoms with Crippen LogP contribution < -0.4 is 9.91 Å². The van der Waals surface area contributed by atoms with Gasteiger partial charge in [-0.05, 0) is 35.0 Å². The molecule has 1 heterocycles. The zero-order valence-electron chi connectivity index (χ0n) is 11.3. The Morgan fingerprint density at radius 2 is 2.00 bits per heavy atom. The third kappa shape index (κ3) is 3.27. The molecule has 2 rings (SSSR count). The lowest BCUT2D eigenvalue weighted by Gasteiger charge is -2.13. The van der Waals surface area contributed by atoms with Crippen molar-refractivity contribution < 1.29 is 0 Å². The van der Waals surface area contributed by atoms with Crippen molar-refractivity contribution in [2.24, 2.45) is 5.10 Å². The van der Waals surface area contributed by atoms with E-state index in [4.69, 9.17) is 0 Å². The van der Waals surface area contributed by atoms with E-state index in [2.05, 4.69) is 30.6 Å². The van der Waals surface area contributed by atoms with Crippen LogP contribution in [-0.2, 0) is 0 Å². The maximum absolute atomic E-state index is 4.35. The minimum absolute atomic E-state index is 0.531. The molecule has 0 saturated carbocycles. The third-order valence-electron chi connectivity index (χ3n) is 2.63. The van der Waals surface area contributed by atoms with Crippen molar-refractivity contribution in [2.45, 2.75) is 6.92 Å². The van der Waals surface area contributed by atoms with Crippen LogP contribution >= 0.6 is 0 Å². The standard InChI is InChI=1S/C12H17N7/c1-4-19(12-14-16-17-15-12)13-9-10-5-7-11(8-6-10)18(2)3/h5-9H,4H2,1-3H3,(H,14,15,16,17)/b13-9+. The highest BCUT2D eigenvalue weighted by Gasteiger charge is 2.04. The van der Waals surface area contributed by atoms with E-state index in [0.29, 0.717) is 12.5 Å². The smallest absolute Gasteiger partial charge is 0.263 e. The number of hydrogen-bond acceptors (Lipinski definition) is 6. The minimum atomic E-state index is 0.531. The number of hydrazone groups is 1. The third-order valence-corrected chi connectivity index (χ3v) is 2.63. The van der Waals surface area contributed by atoms with Gasteiger partial charge in [-0.3, -0.25) is 0 Å². The summed E-state index contributed by atoms with van der Waals surface area (Å²) in [5.74, 6) is 0.531. The molecule has 1 aromatic carbocycles. The number of benzene rings is 1. The molecule has 0 aliphatic rings. The van der Waals surface area contributed by atoms with Gasteiger partial charge in [0.2, 0.25) is 0 Å². The number of tetrazole rings is 1. The molecule has 0 spiro atoms. The van der Waals surface area contributed by atoms with Gasteiger partial charge in [0.15, 0.2) is 0 Å². The summed E-state index contributed by atoms with van der Waals surface area (Å²) in [5, 5.41) is 19.6. The quantitative estimate of drug-likeness (QED) is 0.643. The van der Waals surface area contributed by atoms with Gasteiger partial charge in [-0.2, -0.15) is 5.10 Å². The summed E-state index contributed by atoms with van der Waals surface area (Å²) in [5.41, 5.74) is 2.18. The fourth-order valence-corrected chi connectivity index (χ4v) is 1.54. The van der Waals surface area contributed by atoms with Crippen LogP contribution in [0.5, 0.6) is 0 Å². The molecular weight excluding hydrogens is 242 g/mol.